The van der Waals surface area contributed by atoms with E-state index in [4.69, 9.17) is 35.7 Å². The molecule has 120 valence electrons. The summed E-state index contributed by atoms with van der Waals surface area (Å²) in [4.78, 5) is 19.8. The number of carboxylic acids is 2. The fourth-order valence-electron chi connectivity index (χ4n) is 1.02. The average molecular weight is 298 g/mol. The number of hydrogen-bond donors (Lipinski definition) is 7. The zero-order chi connectivity index (χ0) is 16.1. The Kier molecular flexibility index (Phi) is 13.4. The molecule has 0 saturated carbocycles. The average Bonchev–Trinajstić information content (AvgIpc) is 2.41. The van der Waals surface area contributed by atoms with Crippen LogP contribution in [0.2, 0.25) is 0 Å². The van der Waals surface area contributed by atoms with Crippen molar-refractivity contribution in [3.8, 4) is 0 Å². The van der Waals surface area contributed by atoms with E-state index in [9.17, 15) is 9.59 Å². The fourth-order valence-corrected chi connectivity index (χ4v) is 1.02. The highest BCUT2D eigenvalue weighted by Gasteiger charge is 2.22. The highest BCUT2D eigenvalue weighted by Crippen LogP contribution is 1.99. The molecule has 0 radical (unpaired) electrons. The van der Waals surface area contributed by atoms with E-state index >= 15 is 0 Å². The molecular formula is C11H22O9. The lowest BCUT2D eigenvalue weighted by molar-refractivity contribution is -0.139. The number of carbonyl (C=O) groups is 2. The molecule has 0 aromatic rings. The van der Waals surface area contributed by atoms with E-state index in [1.807, 2.05) is 0 Å². The van der Waals surface area contributed by atoms with Crippen LogP contribution < -0.4 is 0 Å². The minimum Gasteiger partial charge on any atom is -0.481 e. The number of rotatable bonds is 9. The molecule has 0 aliphatic rings. The van der Waals surface area contributed by atoms with Crippen molar-refractivity contribution in [1.29, 1.82) is 0 Å². The Balaban J connectivity index is 0. The van der Waals surface area contributed by atoms with E-state index in [0.29, 0.717) is 12.8 Å². The first kappa shape index (κ1) is 21.0. The first-order valence-electron chi connectivity index (χ1n) is 5.95. The molecule has 0 fully saturated rings. The van der Waals surface area contributed by atoms with Crippen LogP contribution in [0.5, 0.6) is 0 Å². The van der Waals surface area contributed by atoms with Crippen molar-refractivity contribution >= 4 is 11.9 Å². The molecular weight excluding hydrogens is 276 g/mol. The predicted octanol–water partition coefficient (Wildman–Crippen LogP) is -2.23. The van der Waals surface area contributed by atoms with Crippen molar-refractivity contribution in [2.75, 3.05) is 13.2 Å². The van der Waals surface area contributed by atoms with E-state index in [0.717, 1.165) is 0 Å². The molecule has 0 aromatic carbocycles. The Bertz CT molecular complexity index is 243. The summed E-state index contributed by atoms with van der Waals surface area (Å²) in [5.74, 6) is -1.74. The van der Waals surface area contributed by atoms with E-state index in [-0.39, 0.29) is 12.8 Å². The Morgan fingerprint density at radius 2 is 1.05 bits per heavy atom. The van der Waals surface area contributed by atoms with Gasteiger partial charge in [-0.1, -0.05) is 0 Å². The van der Waals surface area contributed by atoms with Crippen LogP contribution >= 0.6 is 0 Å². The lowest BCUT2D eigenvalue weighted by atomic mass is 10.1. The Hall–Kier alpha value is -1.26. The number of aliphatic hydroxyl groups excluding tert-OH is 5. The fraction of sp³-hybridized carbons (Fsp3) is 0.818. The Morgan fingerprint density at radius 3 is 1.25 bits per heavy atom. The quantitative estimate of drug-likeness (QED) is 0.232. The predicted molar refractivity (Wildman–Crippen MR) is 65.9 cm³/mol. The molecule has 0 amide bonds. The summed E-state index contributed by atoms with van der Waals surface area (Å²) in [6, 6.07) is 0. The molecule has 9 heteroatoms. The number of carboxylic acid groups (broad SMARTS) is 2. The van der Waals surface area contributed by atoms with Crippen LogP contribution in [-0.4, -0.2) is 79.2 Å². The summed E-state index contributed by atoms with van der Waals surface area (Å²) in [6.45, 7) is -1.28. The molecule has 2 unspecified atom stereocenters. The van der Waals surface area contributed by atoms with Gasteiger partial charge in [-0.15, -0.1) is 0 Å². The standard InChI is InChI=1S/C6H10O4.C5H12O5/c7-5(8)3-1-2-4-6(9)10;6-1-3(8)5(10)4(9)2-7/h1-4H2,(H,7,8)(H,9,10);3-10H,1-2H2. The molecule has 0 saturated heterocycles. The highest BCUT2D eigenvalue weighted by molar-refractivity contribution is 5.67. The van der Waals surface area contributed by atoms with Crippen molar-refractivity contribution in [1.82, 2.24) is 0 Å². The van der Waals surface area contributed by atoms with Gasteiger partial charge in [0.15, 0.2) is 0 Å². The summed E-state index contributed by atoms with van der Waals surface area (Å²) >= 11 is 0. The molecule has 2 atom stereocenters. The van der Waals surface area contributed by atoms with E-state index in [1.165, 1.54) is 0 Å². The van der Waals surface area contributed by atoms with Gasteiger partial charge in [-0.25, -0.2) is 0 Å². The van der Waals surface area contributed by atoms with E-state index in [1.54, 1.807) is 0 Å². The van der Waals surface area contributed by atoms with Crippen molar-refractivity contribution in [3.63, 3.8) is 0 Å². The highest BCUT2D eigenvalue weighted by atomic mass is 16.4. The molecule has 9 nitrogen and oxygen atoms in total. The second kappa shape index (κ2) is 12.8. The topological polar surface area (TPSA) is 176 Å². The van der Waals surface area contributed by atoms with Gasteiger partial charge in [0.2, 0.25) is 0 Å². The largest absolute Gasteiger partial charge is 0.481 e. The molecule has 7 N–H and O–H groups in total. The summed E-state index contributed by atoms with van der Waals surface area (Å²) < 4.78 is 0. The molecule has 0 heterocycles. The van der Waals surface area contributed by atoms with Crippen LogP contribution in [0.4, 0.5) is 0 Å². The zero-order valence-corrected chi connectivity index (χ0v) is 10.9. The van der Waals surface area contributed by atoms with Crippen LogP contribution in [0.3, 0.4) is 0 Å². The smallest absolute Gasteiger partial charge is 0.303 e. The second-order valence-corrected chi connectivity index (χ2v) is 3.99. The van der Waals surface area contributed by atoms with Gasteiger partial charge in [-0.05, 0) is 12.8 Å². The summed E-state index contributed by atoms with van der Waals surface area (Å²) in [6.07, 6.45) is -3.27. The number of hydrogen-bond acceptors (Lipinski definition) is 7. The zero-order valence-electron chi connectivity index (χ0n) is 10.9. The number of unbranched alkanes of at least 4 members (excludes halogenated alkanes) is 1. The van der Waals surface area contributed by atoms with Crippen molar-refractivity contribution in [3.05, 3.63) is 0 Å². The maximum atomic E-state index is 9.90. The SMILES string of the molecule is O=C(O)CCCCC(=O)O.OCC(O)C(O)C(O)CO. The van der Waals surface area contributed by atoms with Crippen molar-refractivity contribution in [2.24, 2.45) is 0 Å². The molecule has 20 heavy (non-hydrogen) atoms. The third-order valence-corrected chi connectivity index (χ3v) is 2.19. The van der Waals surface area contributed by atoms with Crippen LogP contribution in [0.15, 0.2) is 0 Å². The molecule has 0 spiro atoms. The molecule has 0 aliphatic heterocycles. The Morgan fingerprint density at radius 1 is 0.750 bits per heavy atom. The minimum absolute atomic E-state index is 0.0628. The van der Waals surface area contributed by atoms with E-state index in [2.05, 4.69) is 0 Å². The lowest BCUT2D eigenvalue weighted by Crippen LogP contribution is -2.41. The van der Waals surface area contributed by atoms with Gasteiger partial charge < -0.3 is 35.7 Å². The summed E-state index contributed by atoms with van der Waals surface area (Å²) in [5.41, 5.74) is 0. The molecule has 0 rings (SSSR count). The van der Waals surface area contributed by atoms with Crippen molar-refractivity contribution < 1.29 is 45.3 Å². The van der Waals surface area contributed by atoms with Crippen LogP contribution in [0.1, 0.15) is 25.7 Å². The summed E-state index contributed by atoms with van der Waals surface area (Å²) in [5, 5.41) is 58.8. The van der Waals surface area contributed by atoms with E-state index < -0.39 is 43.5 Å². The third-order valence-electron chi connectivity index (χ3n) is 2.19. The third kappa shape index (κ3) is 13.2. The summed E-state index contributed by atoms with van der Waals surface area (Å²) in [7, 11) is 0. The second-order valence-electron chi connectivity index (χ2n) is 3.99. The van der Waals surface area contributed by atoms with Gasteiger partial charge in [0.1, 0.15) is 18.3 Å². The molecule has 0 aliphatic carbocycles. The van der Waals surface area contributed by atoms with Crippen molar-refractivity contribution in [2.45, 2.75) is 44.0 Å². The van der Waals surface area contributed by atoms with Gasteiger partial charge >= 0.3 is 11.9 Å². The first-order valence-corrected chi connectivity index (χ1v) is 5.95. The van der Waals surface area contributed by atoms with Crippen LogP contribution in [-0.2, 0) is 9.59 Å². The van der Waals surface area contributed by atoms with Crippen LogP contribution in [0, 0.1) is 0 Å². The minimum atomic E-state index is -1.49. The van der Waals surface area contributed by atoms with Gasteiger partial charge in [0.25, 0.3) is 0 Å². The first-order chi connectivity index (χ1) is 9.26. The lowest BCUT2D eigenvalue weighted by Gasteiger charge is -2.19. The molecule has 0 bridgehead atoms. The van der Waals surface area contributed by atoms with Gasteiger partial charge in [-0.2, -0.15) is 0 Å². The number of aliphatic hydroxyl groups is 5. The van der Waals surface area contributed by atoms with Crippen LogP contribution in [0.25, 0.3) is 0 Å². The van der Waals surface area contributed by atoms with Gasteiger partial charge in [0.05, 0.1) is 13.2 Å². The normalized spacial score (nSPS) is 14.7. The molecule has 0 aromatic heterocycles. The van der Waals surface area contributed by atoms with Gasteiger partial charge in [-0.3, -0.25) is 9.59 Å². The van der Waals surface area contributed by atoms with Gasteiger partial charge in [0, 0.05) is 12.8 Å². The number of aliphatic carboxylic acids is 2. The Labute approximate surface area is 115 Å². The maximum Gasteiger partial charge on any atom is 0.303 e. The monoisotopic (exact) mass is 298 g/mol. The maximum absolute atomic E-state index is 9.90.